The molecule has 3 rings (SSSR count). The Labute approximate surface area is 178 Å². The maximum absolute atomic E-state index is 12.3. The zero-order valence-electron chi connectivity index (χ0n) is 16.6. The molecule has 8 heteroatoms. The molecule has 7 nitrogen and oxygen atoms in total. The molecule has 1 amide bonds. The number of nitrogens with zero attached hydrogens (tertiary/aromatic N) is 1. The number of rotatable bonds is 9. The molecule has 0 aliphatic rings. The number of fused-ring (bicyclic) bond motifs is 1. The topological polar surface area (TPSA) is 82.3 Å². The SMILES string of the molecule is C=CCOc1c(Cl)cc(/C=N/NC(=O)c2cc3cc(OCC)ccc3o2)cc1OC. The molecule has 0 unspecified atom stereocenters. The highest BCUT2D eigenvalue weighted by Gasteiger charge is 2.13. The summed E-state index contributed by atoms with van der Waals surface area (Å²) in [7, 11) is 1.51. The first-order chi connectivity index (χ1) is 14.5. The van der Waals surface area contributed by atoms with Gasteiger partial charge in [-0.2, -0.15) is 5.10 Å². The second-order valence-electron chi connectivity index (χ2n) is 6.08. The van der Waals surface area contributed by atoms with Crippen molar-refractivity contribution in [2.24, 2.45) is 5.10 Å². The number of carbonyl (C=O) groups excluding carboxylic acids is 1. The lowest BCUT2D eigenvalue weighted by atomic mass is 10.2. The number of hydrogen-bond donors (Lipinski definition) is 1. The van der Waals surface area contributed by atoms with Gasteiger partial charge in [-0.05, 0) is 48.9 Å². The van der Waals surface area contributed by atoms with Crippen LogP contribution in [0.4, 0.5) is 0 Å². The number of benzene rings is 2. The summed E-state index contributed by atoms with van der Waals surface area (Å²) in [5, 5.41) is 5.08. The predicted molar refractivity (Wildman–Crippen MR) is 116 cm³/mol. The summed E-state index contributed by atoms with van der Waals surface area (Å²) in [5.41, 5.74) is 3.63. The van der Waals surface area contributed by atoms with Gasteiger partial charge in [0, 0.05) is 5.39 Å². The van der Waals surface area contributed by atoms with Crippen LogP contribution in [0.15, 0.2) is 58.6 Å². The molecule has 1 aromatic heterocycles. The molecule has 0 fully saturated rings. The minimum Gasteiger partial charge on any atom is -0.494 e. The van der Waals surface area contributed by atoms with Crippen LogP contribution in [-0.4, -0.2) is 32.4 Å². The predicted octanol–water partition coefficient (Wildman–Crippen LogP) is 4.82. The van der Waals surface area contributed by atoms with Crippen molar-refractivity contribution in [2.75, 3.05) is 20.3 Å². The van der Waals surface area contributed by atoms with Gasteiger partial charge in [0.15, 0.2) is 17.3 Å². The Morgan fingerprint density at radius 1 is 1.27 bits per heavy atom. The molecule has 0 aliphatic carbocycles. The molecule has 0 saturated carbocycles. The number of ether oxygens (including phenoxy) is 3. The molecular formula is C22H21ClN2O5. The van der Waals surface area contributed by atoms with Crippen molar-refractivity contribution in [3.8, 4) is 17.2 Å². The summed E-state index contributed by atoms with van der Waals surface area (Å²) in [6.07, 6.45) is 3.05. The lowest BCUT2D eigenvalue weighted by molar-refractivity contribution is 0.0929. The molecule has 1 N–H and O–H groups in total. The van der Waals surface area contributed by atoms with Crippen molar-refractivity contribution in [1.82, 2.24) is 5.43 Å². The van der Waals surface area contributed by atoms with Crippen molar-refractivity contribution >= 4 is 34.7 Å². The van der Waals surface area contributed by atoms with Crippen LogP contribution < -0.4 is 19.6 Å². The van der Waals surface area contributed by atoms with Crippen molar-refractivity contribution < 1.29 is 23.4 Å². The molecule has 156 valence electrons. The molecule has 2 aromatic carbocycles. The molecule has 30 heavy (non-hydrogen) atoms. The van der Waals surface area contributed by atoms with E-state index in [1.807, 2.05) is 13.0 Å². The number of furan rings is 1. The molecule has 0 aliphatic heterocycles. The summed E-state index contributed by atoms with van der Waals surface area (Å²) in [4.78, 5) is 12.3. The quantitative estimate of drug-likeness (QED) is 0.300. The maximum atomic E-state index is 12.3. The van der Waals surface area contributed by atoms with Gasteiger partial charge in [-0.3, -0.25) is 4.79 Å². The van der Waals surface area contributed by atoms with E-state index in [0.717, 1.165) is 5.39 Å². The number of hydrazone groups is 1. The zero-order chi connectivity index (χ0) is 21.5. The normalized spacial score (nSPS) is 10.9. The molecule has 0 saturated heterocycles. The first kappa shape index (κ1) is 21.3. The van der Waals surface area contributed by atoms with Crippen molar-refractivity contribution in [3.05, 3.63) is 65.4 Å². The van der Waals surface area contributed by atoms with Gasteiger partial charge in [0.1, 0.15) is 17.9 Å². The van der Waals surface area contributed by atoms with Gasteiger partial charge in [-0.15, -0.1) is 0 Å². The minimum atomic E-state index is -0.482. The summed E-state index contributed by atoms with van der Waals surface area (Å²) >= 11 is 6.25. The fourth-order valence-corrected chi connectivity index (χ4v) is 2.98. The van der Waals surface area contributed by atoms with E-state index in [-0.39, 0.29) is 5.76 Å². The Kier molecular flexibility index (Phi) is 6.98. The van der Waals surface area contributed by atoms with Crippen LogP contribution in [-0.2, 0) is 0 Å². The average molecular weight is 429 g/mol. The number of halogens is 1. The van der Waals surface area contributed by atoms with Crippen molar-refractivity contribution in [3.63, 3.8) is 0 Å². The van der Waals surface area contributed by atoms with E-state index in [1.54, 1.807) is 36.4 Å². The molecule has 0 spiro atoms. The zero-order valence-corrected chi connectivity index (χ0v) is 17.4. The van der Waals surface area contributed by atoms with Crippen LogP contribution >= 0.6 is 11.6 Å². The first-order valence-corrected chi connectivity index (χ1v) is 9.54. The number of carbonyl (C=O) groups is 1. The van der Waals surface area contributed by atoms with E-state index in [0.29, 0.717) is 46.6 Å². The monoisotopic (exact) mass is 428 g/mol. The van der Waals surface area contributed by atoms with E-state index in [2.05, 4.69) is 17.1 Å². The van der Waals surface area contributed by atoms with Crippen molar-refractivity contribution in [2.45, 2.75) is 6.92 Å². The van der Waals surface area contributed by atoms with Gasteiger partial charge in [0.2, 0.25) is 0 Å². The van der Waals surface area contributed by atoms with Crippen LogP contribution in [0, 0.1) is 0 Å². The lowest BCUT2D eigenvalue weighted by Gasteiger charge is -2.11. The Balaban J connectivity index is 1.71. The Morgan fingerprint density at radius 2 is 2.10 bits per heavy atom. The lowest BCUT2D eigenvalue weighted by Crippen LogP contribution is -2.16. The number of amides is 1. The Bertz CT molecular complexity index is 1090. The molecular weight excluding hydrogens is 408 g/mol. The van der Waals surface area contributed by atoms with Gasteiger partial charge < -0.3 is 18.6 Å². The summed E-state index contributed by atoms with van der Waals surface area (Å²) in [5.74, 6) is 1.22. The molecule has 1 heterocycles. The standard InChI is InChI=1S/C22H21ClN2O5/c1-4-8-29-21-17(23)9-14(10-19(21)27-3)13-24-25-22(26)20-12-15-11-16(28-5-2)6-7-18(15)30-20/h4,6-7,9-13H,1,5,8H2,2-3H3,(H,25,26)/b24-13+. The number of hydrogen-bond acceptors (Lipinski definition) is 6. The van der Waals surface area contributed by atoms with E-state index in [4.69, 9.17) is 30.2 Å². The van der Waals surface area contributed by atoms with Crippen LogP contribution in [0.5, 0.6) is 17.2 Å². The average Bonchev–Trinajstić information content (AvgIpc) is 3.16. The van der Waals surface area contributed by atoms with Crippen LogP contribution in [0.1, 0.15) is 23.0 Å². The number of nitrogens with one attached hydrogen (secondary N) is 1. The first-order valence-electron chi connectivity index (χ1n) is 9.16. The Hall–Kier alpha value is -3.45. The van der Waals surface area contributed by atoms with Gasteiger partial charge in [0.05, 0.1) is 25.0 Å². The summed E-state index contributed by atoms with van der Waals surface area (Å²) in [6, 6.07) is 10.3. The van der Waals surface area contributed by atoms with Gasteiger partial charge in [-0.1, -0.05) is 24.3 Å². The number of methoxy groups -OCH3 is 1. The fraction of sp³-hybridized carbons (Fsp3) is 0.182. The summed E-state index contributed by atoms with van der Waals surface area (Å²) in [6.45, 7) is 6.36. The van der Waals surface area contributed by atoms with Crippen LogP contribution in [0.3, 0.4) is 0 Å². The van der Waals surface area contributed by atoms with Gasteiger partial charge in [0.25, 0.3) is 0 Å². The fourth-order valence-electron chi connectivity index (χ4n) is 2.71. The van der Waals surface area contributed by atoms with E-state index in [1.165, 1.54) is 13.3 Å². The minimum absolute atomic E-state index is 0.139. The second kappa shape index (κ2) is 9.84. The molecule has 0 bridgehead atoms. The smallest absolute Gasteiger partial charge is 0.307 e. The summed E-state index contributed by atoms with van der Waals surface area (Å²) < 4.78 is 21.8. The highest BCUT2D eigenvalue weighted by atomic mass is 35.5. The highest BCUT2D eigenvalue weighted by molar-refractivity contribution is 6.32. The molecule has 3 aromatic rings. The second-order valence-corrected chi connectivity index (χ2v) is 6.48. The van der Waals surface area contributed by atoms with Crippen molar-refractivity contribution in [1.29, 1.82) is 0 Å². The van der Waals surface area contributed by atoms with Crippen LogP contribution in [0.25, 0.3) is 11.0 Å². The maximum Gasteiger partial charge on any atom is 0.307 e. The van der Waals surface area contributed by atoms with Crippen LogP contribution in [0.2, 0.25) is 5.02 Å². The van der Waals surface area contributed by atoms with E-state index < -0.39 is 5.91 Å². The largest absolute Gasteiger partial charge is 0.494 e. The third-order valence-corrected chi connectivity index (χ3v) is 4.28. The molecule has 0 radical (unpaired) electrons. The van der Waals surface area contributed by atoms with Gasteiger partial charge >= 0.3 is 5.91 Å². The van der Waals surface area contributed by atoms with Gasteiger partial charge in [-0.25, -0.2) is 5.43 Å². The third kappa shape index (κ3) is 4.93. The highest BCUT2D eigenvalue weighted by Crippen LogP contribution is 2.36. The Morgan fingerprint density at radius 3 is 2.83 bits per heavy atom. The third-order valence-electron chi connectivity index (χ3n) is 4.00. The van der Waals surface area contributed by atoms with E-state index >= 15 is 0 Å². The molecule has 0 atom stereocenters. The van der Waals surface area contributed by atoms with E-state index in [9.17, 15) is 4.79 Å².